The number of carbonyl (C=O) groups excluding carboxylic acids is 2. The van der Waals surface area contributed by atoms with Gasteiger partial charge in [-0.25, -0.2) is 0 Å². The molecule has 0 aliphatic carbocycles. The number of rotatable bonds is 10. The van der Waals surface area contributed by atoms with Crippen molar-refractivity contribution in [3.63, 3.8) is 0 Å². The van der Waals surface area contributed by atoms with Crippen molar-refractivity contribution < 1.29 is 33.3 Å². The van der Waals surface area contributed by atoms with E-state index in [1.165, 1.54) is 0 Å². The Kier molecular flexibility index (Phi) is 7.30. The van der Waals surface area contributed by atoms with Gasteiger partial charge in [-0.15, -0.1) is 0 Å². The molecule has 0 aromatic heterocycles. The summed E-state index contributed by atoms with van der Waals surface area (Å²) >= 11 is 0. The van der Waals surface area contributed by atoms with Gasteiger partial charge in [0.05, 0.1) is 19.8 Å². The fourth-order valence-electron chi connectivity index (χ4n) is 4.08. The van der Waals surface area contributed by atoms with Crippen molar-refractivity contribution in [3.8, 4) is 28.7 Å². The molecule has 182 valence electrons. The molecule has 9 nitrogen and oxygen atoms in total. The quantitative estimate of drug-likeness (QED) is 0.569. The lowest BCUT2D eigenvalue weighted by molar-refractivity contribution is -0.117. The van der Waals surface area contributed by atoms with Crippen molar-refractivity contribution in [2.45, 2.75) is 27.2 Å². The van der Waals surface area contributed by atoms with Crippen molar-refractivity contribution >= 4 is 17.5 Å². The number of carbonyl (C=O) groups is 2. The Morgan fingerprint density at radius 1 is 1.00 bits per heavy atom. The smallest absolute Gasteiger partial charge is 0.251 e. The summed E-state index contributed by atoms with van der Waals surface area (Å²) in [4.78, 5) is 27.3. The van der Waals surface area contributed by atoms with Crippen LogP contribution in [0.3, 0.4) is 0 Å². The Labute approximate surface area is 198 Å². The highest BCUT2D eigenvalue weighted by Gasteiger charge is 2.32. The van der Waals surface area contributed by atoms with Crippen LogP contribution in [0.5, 0.6) is 28.7 Å². The van der Waals surface area contributed by atoms with Crippen LogP contribution in [0.4, 0.5) is 5.69 Å². The normalized spacial score (nSPS) is 16.5. The molecular weight excluding hydrogens is 440 g/mol. The summed E-state index contributed by atoms with van der Waals surface area (Å²) < 4.78 is 27.9. The number of fused-ring (bicyclic) bond motifs is 1. The van der Waals surface area contributed by atoms with Crippen LogP contribution in [0, 0.1) is 5.92 Å². The predicted molar refractivity (Wildman–Crippen MR) is 125 cm³/mol. The maximum Gasteiger partial charge on any atom is 0.251 e. The van der Waals surface area contributed by atoms with Gasteiger partial charge in [0.25, 0.3) is 5.91 Å². The van der Waals surface area contributed by atoms with Gasteiger partial charge in [-0.2, -0.15) is 0 Å². The summed E-state index contributed by atoms with van der Waals surface area (Å²) in [5.74, 6) is 2.46. The van der Waals surface area contributed by atoms with Gasteiger partial charge >= 0.3 is 0 Å². The van der Waals surface area contributed by atoms with Crippen molar-refractivity contribution in [3.05, 3.63) is 35.9 Å². The van der Waals surface area contributed by atoms with E-state index in [1.807, 2.05) is 32.9 Å². The SMILES string of the molecule is CCOc1cc(C(=O)NCC2CC(=O)N(c3ccc4c(c3)OCO4)C2)cc(OCC)c1OCC. The first-order valence-electron chi connectivity index (χ1n) is 11.6. The van der Waals surface area contributed by atoms with Gasteiger partial charge in [-0.3, -0.25) is 9.59 Å². The van der Waals surface area contributed by atoms with Crippen molar-refractivity contribution in [1.29, 1.82) is 0 Å². The van der Waals surface area contributed by atoms with Gasteiger partial charge in [0, 0.05) is 42.7 Å². The molecule has 2 heterocycles. The summed E-state index contributed by atoms with van der Waals surface area (Å²) in [5, 5.41) is 2.95. The molecule has 1 saturated heterocycles. The van der Waals surface area contributed by atoms with E-state index >= 15 is 0 Å². The zero-order chi connectivity index (χ0) is 24.1. The Balaban J connectivity index is 1.42. The van der Waals surface area contributed by atoms with Gasteiger partial charge in [-0.1, -0.05) is 0 Å². The molecule has 1 fully saturated rings. The van der Waals surface area contributed by atoms with E-state index in [4.69, 9.17) is 23.7 Å². The van der Waals surface area contributed by atoms with E-state index in [-0.39, 0.29) is 24.5 Å². The van der Waals surface area contributed by atoms with Gasteiger partial charge in [0.2, 0.25) is 18.4 Å². The van der Waals surface area contributed by atoms with Crippen LogP contribution in [0.2, 0.25) is 0 Å². The average molecular weight is 471 g/mol. The van der Waals surface area contributed by atoms with E-state index < -0.39 is 0 Å². The van der Waals surface area contributed by atoms with Crippen molar-refractivity contribution in [1.82, 2.24) is 5.32 Å². The van der Waals surface area contributed by atoms with Crippen LogP contribution >= 0.6 is 0 Å². The molecule has 0 bridgehead atoms. The molecule has 2 aromatic rings. The lowest BCUT2D eigenvalue weighted by Gasteiger charge is -2.18. The summed E-state index contributed by atoms with van der Waals surface area (Å²) in [6, 6.07) is 8.77. The molecule has 1 atom stereocenters. The number of nitrogens with zero attached hydrogens (tertiary/aromatic N) is 1. The number of benzene rings is 2. The molecule has 0 spiro atoms. The van der Waals surface area contributed by atoms with E-state index in [2.05, 4.69) is 5.32 Å². The lowest BCUT2D eigenvalue weighted by Crippen LogP contribution is -2.31. The third-order valence-corrected chi connectivity index (χ3v) is 5.60. The molecule has 1 N–H and O–H groups in total. The van der Waals surface area contributed by atoms with E-state index in [0.29, 0.717) is 73.6 Å². The number of anilines is 1. The third kappa shape index (κ3) is 4.98. The highest BCUT2D eigenvalue weighted by molar-refractivity contribution is 5.97. The minimum Gasteiger partial charge on any atom is -0.490 e. The Morgan fingerprint density at radius 3 is 2.35 bits per heavy atom. The van der Waals surface area contributed by atoms with Gasteiger partial charge in [-0.05, 0) is 45.0 Å². The third-order valence-electron chi connectivity index (χ3n) is 5.60. The van der Waals surface area contributed by atoms with Crippen LogP contribution < -0.4 is 33.9 Å². The van der Waals surface area contributed by atoms with Crippen LogP contribution in [-0.4, -0.2) is 51.5 Å². The Bertz CT molecular complexity index is 1030. The topological polar surface area (TPSA) is 95.6 Å². The summed E-state index contributed by atoms with van der Waals surface area (Å²) in [6.07, 6.45) is 0.354. The molecule has 2 aliphatic rings. The first-order chi connectivity index (χ1) is 16.5. The number of hydrogen-bond acceptors (Lipinski definition) is 7. The molecule has 4 rings (SSSR count). The van der Waals surface area contributed by atoms with Crippen LogP contribution in [0.15, 0.2) is 30.3 Å². The minimum absolute atomic E-state index is 0.0106. The van der Waals surface area contributed by atoms with Gasteiger partial charge in [0.15, 0.2) is 23.0 Å². The second kappa shape index (κ2) is 10.5. The number of nitrogens with one attached hydrogen (secondary N) is 1. The first kappa shape index (κ1) is 23.5. The van der Waals surface area contributed by atoms with Crippen LogP contribution in [-0.2, 0) is 4.79 Å². The van der Waals surface area contributed by atoms with Crippen LogP contribution in [0.1, 0.15) is 37.6 Å². The molecular formula is C25H30N2O7. The summed E-state index contributed by atoms with van der Waals surface area (Å²) in [6.45, 7) is 7.97. The fraction of sp³-hybridized carbons (Fsp3) is 0.440. The second-order valence-corrected chi connectivity index (χ2v) is 7.92. The van der Waals surface area contributed by atoms with Gasteiger partial charge < -0.3 is 33.9 Å². The standard InChI is InChI=1S/C25H30N2O7/c1-4-30-21-10-17(11-22(31-5-2)24(21)32-6-3)25(29)26-13-16-9-23(28)27(14-16)18-7-8-19-20(12-18)34-15-33-19/h7-8,10-12,16H,4-6,9,13-15H2,1-3H3,(H,26,29). The fourth-order valence-corrected chi connectivity index (χ4v) is 4.08. The largest absolute Gasteiger partial charge is 0.490 e. The van der Waals surface area contributed by atoms with E-state index in [0.717, 1.165) is 5.69 Å². The number of amides is 2. The monoisotopic (exact) mass is 470 g/mol. The average Bonchev–Trinajstić information content (AvgIpc) is 3.45. The van der Waals surface area contributed by atoms with Crippen molar-refractivity contribution in [2.75, 3.05) is 44.6 Å². The van der Waals surface area contributed by atoms with Gasteiger partial charge in [0.1, 0.15) is 0 Å². The Morgan fingerprint density at radius 2 is 1.68 bits per heavy atom. The van der Waals surface area contributed by atoms with Crippen molar-refractivity contribution in [2.24, 2.45) is 5.92 Å². The predicted octanol–water partition coefficient (Wildman–Crippen LogP) is 3.39. The molecule has 2 aliphatic heterocycles. The summed E-state index contributed by atoms with van der Waals surface area (Å²) in [7, 11) is 0. The highest BCUT2D eigenvalue weighted by Crippen LogP contribution is 2.39. The Hall–Kier alpha value is -3.62. The van der Waals surface area contributed by atoms with Crippen LogP contribution in [0.25, 0.3) is 0 Å². The van der Waals surface area contributed by atoms with E-state index in [9.17, 15) is 9.59 Å². The molecule has 2 amide bonds. The zero-order valence-electron chi connectivity index (χ0n) is 19.7. The first-order valence-corrected chi connectivity index (χ1v) is 11.6. The molecule has 0 radical (unpaired) electrons. The molecule has 2 aromatic carbocycles. The zero-order valence-corrected chi connectivity index (χ0v) is 19.7. The number of ether oxygens (including phenoxy) is 5. The molecule has 34 heavy (non-hydrogen) atoms. The molecule has 1 unspecified atom stereocenters. The second-order valence-electron chi connectivity index (χ2n) is 7.92. The van der Waals surface area contributed by atoms with E-state index in [1.54, 1.807) is 23.1 Å². The molecule has 0 saturated carbocycles. The highest BCUT2D eigenvalue weighted by atomic mass is 16.7. The minimum atomic E-state index is -0.265. The maximum absolute atomic E-state index is 13.0. The molecule has 9 heteroatoms. The lowest BCUT2D eigenvalue weighted by atomic mass is 10.1. The maximum atomic E-state index is 13.0. The summed E-state index contributed by atoms with van der Waals surface area (Å²) in [5.41, 5.74) is 1.17. The number of hydrogen-bond donors (Lipinski definition) is 1.